The van der Waals surface area contributed by atoms with Gasteiger partial charge in [0.05, 0.1) is 11.4 Å². The quantitative estimate of drug-likeness (QED) is 0.630. The number of hydrogen-bond donors (Lipinski definition) is 1. The number of aromatic nitrogens is 1. The molecule has 0 bridgehead atoms. The van der Waals surface area contributed by atoms with Crippen molar-refractivity contribution in [1.29, 1.82) is 0 Å². The Balaban J connectivity index is 1.33. The summed E-state index contributed by atoms with van der Waals surface area (Å²) in [6, 6.07) is 12.0. The summed E-state index contributed by atoms with van der Waals surface area (Å²) in [5, 5.41) is 5.06. The molecule has 9 heteroatoms. The largest absolute Gasteiger partial charge is 0.486 e. The predicted octanol–water partition coefficient (Wildman–Crippen LogP) is 3.49. The smallest absolute Gasteiger partial charge is 0.257 e. The van der Waals surface area contributed by atoms with E-state index in [2.05, 4.69) is 10.3 Å². The van der Waals surface area contributed by atoms with Gasteiger partial charge in [-0.25, -0.2) is 4.98 Å². The van der Waals surface area contributed by atoms with Crippen LogP contribution < -0.4 is 19.7 Å². The fraction of sp³-hybridized carbons (Fsp3) is 0.182. The van der Waals surface area contributed by atoms with Gasteiger partial charge in [0.2, 0.25) is 11.8 Å². The van der Waals surface area contributed by atoms with E-state index in [0.717, 1.165) is 10.5 Å². The summed E-state index contributed by atoms with van der Waals surface area (Å²) in [6.07, 6.45) is 0.383. The number of thiazole rings is 1. The van der Waals surface area contributed by atoms with Crippen LogP contribution in [0.1, 0.15) is 23.2 Å². The first-order valence-electron chi connectivity index (χ1n) is 9.71. The number of benzene rings is 2. The minimum absolute atomic E-state index is 0.191. The van der Waals surface area contributed by atoms with Crippen LogP contribution in [0.4, 0.5) is 10.8 Å². The van der Waals surface area contributed by atoms with Gasteiger partial charge >= 0.3 is 0 Å². The normalized spacial score (nSPS) is 15.3. The Kier molecular flexibility index (Phi) is 4.87. The summed E-state index contributed by atoms with van der Waals surface area (Å²) >= 11 is 1.30. The van der Waals surface area contributed by atoms with Crippen LogP contribution >= 0.6 is 11.3 Å². The summed E-state index contributed by atoms with van der Waals surface area (Å²) in [7, 11) is 0. The number of nitrogens with one attached hydrogen (secondary N) is 1. The summed E-state index contributed by atoms with van der Waals surface area (Å²) < 4.78 is 11.1. The van der Waals surface area contributed by atoms with E-state index in [1.807, 2.05) is 23.6 Å². The topological polar surface area (TPSA) is 97.8 Å². The first-order chi connectivity index (χ1) is 15.1. The average Bonchev–Trinajstić information content (AvgIpc) is 3.39. The van der Waals surface area contributed by atoms with Gasteiger partial charge < -0.3 is 9.47 Å². The molecule has 31 heavy (non-hydrogen) atoms. The van der Waals surface area contributed by atoms with E-state index in [0.29, 0.717) is 46.8 Å². The van der Waals surface area contributed by atoms with Crippen LogP contribution in [0.2, 0.25) is 0 Å². The van der Waals surface area contributed by atoms with E-state index in [4.69, 9.17) is 9.47 Å². The Hall–Kier alpha value is -3.72. The number of fused-ring (bicyclic) bond motifs is 1. The second-order valence-electron chi connectivity index (χ2n) is 7.02. The number of ether oxygens (including phenoxy) is 2. The molecule has 0 saturated carbocycles. The molecule has 0 radical (unpaired) electrons. The molecule has 2 aliphatic heterocycles. The predicted molar refractivity (Wildman–Crippen MR) is 115 cm³/mol. The zero-order valence-electron chi connectivity index (χ0n) is 16.3. The Bertz CT molecular complexity index is 1190. The van der Waals surface area contributed by atoms with Gasteiger partial charge in [0.25, 0.3) is 5.91 Å². The highest BCUT2D eigenvalue weighted by molar-refractivity contribution is 7.14. The molecule has 0 spiro atoms. The Labute approximate surface area is 181 Å². The van der Waals surface area contributed by atoms with Crippen molar-refractivity contribution >= 4 is 39.9 Å². The van der Waals surface area contributed by atoms with E-state index >= 15 is 0 Å². The fourth-order valence-electron chi connectivity index (χ4n) is 3.49. The fourth-order valence-corrected chi connectivity index (χ4v) is 4.20. The number of hydrogen-bond acceptors (Lipinski definition) is 7. The molecule has 1 saturated heterocycles. The molecule has 0 unspecified atom stereocenters. The third kappa shape index (κ3) is 3.75. The van der Waals surface area contributed by atoms with Crippen LogP contribution in [-0.2, 0) is 9.59 Å². The van der Waals surface area contributed by atoms with Gasteiger partial charge in [-0.05, 0) is 36.4 Å². The van der Waals surface area contributed by atoms with Crippen molar-refractivity contribution in [2.75, 3.05) is 23.4 Å². The van der Waals surface area contributed by atoms with Gasteiger partial charge in [0.15, 0.2) is 16.6 Å². The van der Waals surface area contributed by atoms with Crippen molar-refractivity contribution in [1.82, 2.24) is 4.98 Å². The van der Waals surface area contributed by atoms with Crippen LogP contribution in [0.15, 0.2) is 47.8 Å². The van der Waals surface area contributed by atoms with Crippen molar-refractivity contribution in [3.63, 3.8) is 0 Å². The first-order valence-corrected chi connectivity index (χ1v) is 10.6. The molecule has 8 nitrogen and oxygen atoms in total. The highest BCUT2D eigenvalue weighted by Gasteiger charge is 2.30. The average molecular weight is 435 g/mol. The molecular formula is C22H17N3O5S. The van der Waals surface area contributed by atoms with E-state index < -0.39 is 0 Å². The van der Waals surface area contributed by atoms with Gasteiger partial charge in [-0.2, -0.15) is 0 Å². The molecule has 0 aliphatic carbocycles. The zero-order valence-corrected chi connectivity index (χ0v) is 17.1. The van der Waals surface area contributed by atoms with E-state index in [1.54, 1.807) is 18.2 Å². The van der Waals surface area contributed by atoms with Crippen LogP contribution in [0.5, 0.6) is 11.5 Å². The molecule has 3 amide bonds. The first kappa shape index (κ1) is 19.3. The molecule has 1 N–H and O–H groups in total. The summed E-state index contributed by atoms with van der Waals surface area (Å²) in [4.78, 5) is 42.3. The Morgan fingerprint density at radius 1 is 1.00 bits per heavy atom. The van der Waals surface area contributed by atoms with Crippen molar-refractivity contribution in [3.05, 3.63) is 53.4 Å². The third-order valence-corrected chi connectivity index (χ3v) is 5.74. The lowest BCUT2D eigenvalue weighted by atomic mass is 10.1. The van der Waals surface area contributed by atoms with Crippen LogP contribution in [-0.4, -0.2) is 35.9 Å². The van der Waals surface area contributed by atoms with Gasteiger partial charge in [-0.1, -0.05) is 6.07 Å². The maximum atomic E-state index is 12.7. The van der Waals surface area contributed by atoms with Crippen molar-refractivity contribution in [2.24, 2.45) is 0 Å². The lowest BCUT2D eigenvalue weighted by Gasteiger charge is -2.18. The monoisotopic (exact) mass is 435 g/mol. The number of nitrogens with zero attached hydrogens (tertiary/aromatic N) is 2. The molecule has 0 atom stereocenters. The summed E-state index contributed by atoms with van der Waals surface area (Å²) in [5.74, 6) is 0.487. The number of carbonyl (C=O) groups is 3. The van der Waals surface area contributed by atoms with E-state index in [9.17, 15) is 14.4 Å². The molecule has 3 aromatic rings. The number of rotatable bonds is 4. The second kappa shape index (κ2) is 7.84. The summed E-state index contributed by atoms with van der Waals surface area (Å²) in [6.45, 7) is 1.03. The maximum absolute atomic E-state index is 12.7. The second-order valence-corrected chi connectivity index (χ2v) is 7.88. The molecule has 2 aromatic carbocycles. The molecule has 2 aliphatic rings. The molecule has 156 valence electrons. The number of carbonyl (C=O) groups excluding carboxylic acids is 3. The minimum Gasteiger partial charge on any atom is -0.486 e. The van der Waals surface area contributed by atoms with Crippen LogP contribution in [0.25, 0.3) is 11.3 Å². The zero-order chi connectivity index (χ0) is 21.4. The number of anilines is 2. The van der Waals surface area contributed by atoms with Crippen LogP contribution in [0, 0.1) is 0 Å². The third-order valence-electron chi connectivity index (χ3n) is 4.98. The molecular weight excluding hydrogens is 418 g/mol. The van der Waals surface area contributed by atoms with Gasteiger partial charge in [-0.15, -0.1) is 11.3 Å². The molecule has 1 fully saturated rings. The lowest BCUT2D eigenvalue weighted by Crippen LogP contribution is -2.28. The Morgan fingerprint density at radius 3 is 2.58 bits per heavy atom. The van der Waals surface area contributed by atoms with Gasteiger partial charge in [0.1, 0.15) is 13.2 Å². The number of amides is 3. The van der Waals surface area contributed by atoms with Gasteiger partial charge in [-0.3, -0.25) is 24.6 Å². The SMILES string of the molecule is O=C(Nc1nc(-c2ccc3c(c2)OCCO3)cs1)c1cccc(N2C(=O)CCC2=O)c1. The highest BCUT2D eigenvalue weighted by Crippen LogP contribution is 2.35. The van der Waals surface area contributed by atoms with Crippen LogP contribution in [0.3, 0.4) is 0 Å². The molecule has 5 rings (SSSR count). The lowest BCUT2D eigenvalue weighted by molar-refractivity contribution is -0.121. The van der Waals surface area contributed by atoms with Crippen molar-refractivity contribution < 1.29 is 23.9 Å². The van der Waals surface area contributed by atoms with Gasteiger partial charge in [0, 0.05) is 29.3 Å². The van der Waals surface area contributed by atoms with Crippen molar-refractivity contribution in [3.8, 4) is 22.8 Å². The number of imide groups is 1. The molecule has 1 aromatic heterocycles. The van der Waals surface area contributed by atoms with E-state index in [1.165, 1.54) is 17.4 Å². The maximum Gasteiger partial charge on any atom is 0.257 e. The van der Waals surface area contributed by atoms with Crippen molar-refractivity contribution in [2.45, 2.75) is 12.8 Å². The highest BCUT2D eigenvalue weighted by atomic mass is 32.1. The standard InChI is InChI=1S/C22H17N3O5S/c26-19-6-7-20(27)25(19)15-3-1-2-14(10-15)21(28)24-22-23-16(12-31-22)13-4-5-17-18(11-13)30-9-8-29-17/h1-5,10-12H,6-9H2,(H,23,24,28). The minimum atomic E-state index is -0.371. The molecule has 3 heterocycles. The Morgan fingerprint density at radius 2 is 1.77 bits per heavy atom. The summed E-state index contributed by atoms with van der Waals surface area (Å²) in [5.41, 5.74) is 2.30. The van der Waals surface area contributed by atoms with E-state index in [-0.39, 0.29) is 30.6 Å².